The summed E-state index contributed by atoms with van der Waals surface area (Å²) in [6, 6.07) is 10.8. The Balaban J connectivity index is 1.67. The average Bonchev–Trinajstić information content (AvgIpc) is 3.48. The maximum absolute atomic E-state index is 4.71. The Morgan fingerprint density at radius 1 is 0.833 bits per heavy atom. The van der Waals surface area contributed by atoms with E-state index in [1.807, 2.05) is 0 Å². The van der Waals surface area contributed by atoms with E-state index in [1.54, 1.807) is 22.7 Å². The van der Waals surface area contributed by atoms with Gasteiger partial charge in [-0.1, -0.05) is 39.0 Å². The Kier molecular flexibility index (Phi) is 7.97. The highest BCUT2D eigenvalue weighted by atomic mass is 79.9. The van der Waals surface area contributed by atoms with Crippen LogP contribution in [0.25, 0.3) is 31.9 Å². The van der Waals surface area contributed by atoms with E-state index in [2.05, 4.69) is 78.8 Å². The number of halogens is 2. The Morgan fingerprint density at radius 2 is 1.50 bits per heavy atom. The van der Waals surface area contributed by atoms with Gasteiger partial charge >= 0.3 is 0 Å². The van der Waals surface area contributed by atoms with Crippen LogP contribution >= 0.6 is 66.3 Å². The van der Waals surface area contributed by atoms with Crippen molar-refractivity contribution >= 4 is 83.0 Å². The third-order valence-electron chi connectivity index (χ3n) is 5.04. The monoisotopic (exact) mass is 583 g/mol. The Hall–Kier alpha value is -0.800. The van der Waals surface area contributed by atoms with Crippen molar-refractivity contribution in [2.75, 3.05) is 11.9 Å². The van der Waals surface area contributed by atoms with Gasteiger partial charge in [-0.25, -0.2) is 0 Å². The van der Waals surface area contributed by atoms with E-state index in [4.69, 9.17) is 4.37 Å². The van der Waals surface area contributed by atoms with Crippen molar-refractivity contribution in [3.8, 4) is 20.9 Å². The van der Waals surface area contributed by atoms with E-state index in [-0.39, 0.29) is 0 Å². The largest absolute Gasteiger partial charge is 0.384 e. The van der Waals surface area contributed by atoms with Gasteiger partial charge in [0.2, 0.25) is 0 Å². The molecule has 0 saturated heterocycles. The fourth-order valence-corrected chi connectivity index (χ4v) is 6.97. The van der Waals surface area contributed by atoms with Crippen LogP contribution in [0.2, 0.25) is 0 Å². The van der Waals surface area contributed by atoms with Crippen molar-refractivity contribution in [2.45, 2.75) is 45.4 Å². The predicted octanol–water partition coefficient (Wildman–Crippen LogP) is 9.45. The van der Waals surface area contributed by atoms with Gasteiger partial charge in [-0.2, -0.15) is 8.75 Å². The molecule has 0 unspecified atom stereocenters. The molecule has 0 bridgehead atoms. The molecule has 0 spiro atoms. The summed E-state index contributed by atoms with van der Waals surface area (Å²) in [4.78, 5) is 2.42. The molecule has 3 heterocycles. The first kappa shape index (κ1) is 22.4. The molecular formula is C22H23Br2N3S3. The molecule has 0 aliphatic heterocycles. The maximum Gasteiger partial charge on any atom is 0.116 e. The van der Waals surface area contributed by atoms with Crippen LogP contribution < -0.4 is 5.32 Å². The number of hydrogen-bond donors (Lipinski definition) is 1. The van der Waals surface area contributed by atoms with Crippen molar-refractivity contribution in [2.24, 2.45) is 0 Å². The van der Waals surface area contributed by atoms with Gasteiger partial charge in [-0.15, -0.1) is 22.7 Å². The molecule has 0 aliphatic rings. The third-order valence-corrected chi connectivity index (χ3v) is 8.87. The number of thiophene rings is 2. The van der Waals surface area contributed by atoms with Crippen LogP contribution in [0.3, 0.4) is 0 Å². The van der Waals surface area contributed by atoms with E-state index in [0.717, 1.165) is 36.4 Å². The zero-order valence-corrected chi connectivity index (χ0v) is 22.3. The summed E-state index contributed by atoms with van der Waals surface area (Å²) in [5, 5.41) is 3.73. The number of rotatable bonds is 10. The van der Waals surface area contributed by atoms with Crippen LogP contribution in [0.5, 0.6) is 0 Å². The molecule has 1 N–H and O–H groups in total. The molecule has 3 aromatic heterocycles. The first-order chi connectivity index (χ1) is 14.7. The number of fused-ring (bicyclic) bond motifs is 1. The van der Waals surface area contributed by atoms with Crippen molar-refractivity contribution < 1.29 is 0 Å². The smallest absolute Gasteiger partial charge is 0.116 e. The lowest BCUT2D eigenvalue weighted by Crippen LogP contribution is -2.03. The second-order valence-corrected chi connectivity index (χ2v) is 12.7. The molecule has 0 fully saturated rings. The fourth-order valence-electron chi connectivity index (χ4n) is 3.55. The van der Waals surface area contributed by atoms with Crippen LogP contribution in [0.1, 0.15) is 45.4 Å². The molecule has 1 aromatic carbocycles. The number of nitrogens with zero attached hydrogens (tertiary/aromatic N) is 2. The lowest BCUT2D eigenvalue weighted by Gasteiger charge is -2.14. The highest BCUT2D eigenvalue weighted by Gasteiger charge is 2.20. The van der Waals surface area contributed by atoms with Gasteiger partial charge in [0, 0.05) is 33.1 Å². The number of benzene rings is 1. The zero-order valence-electron chi connectivity index (χ0n) is 16.7. The Morgan fingerprint density at radius 3 is 2.20 bits per heavy atom. The van der Waals surface area contributed by atoms with Crippen molar-refractivity contribution in [1.82, 2.24) is 8.75 Å². The Bertz CT molecular complexity index is 1120. The van der Waals surface area contributed by atoms with E-state index in [9.17, 15) is 0 Å². The molecule has 8 heteroatoms. The lowest BCUT2D eigenvalue weighted by atomic mass is 10.0. The van der Waals surface area contributed by atoms with E-state index in [0.29, 0.717) is 0 Å². The molecule has 0 amide bonds. The van der Waals surface area contributed by atoms with E-state index in [1.165, 1.54) is 65.6 Å². The fraction of sp³-hybridized carbons (Fsp3) is 0.364. The summed E-state index contributed by atoms with van der Waals surface area (Å²) in [5.41, 5.74) is 5.44. The first-order valence-electron chi connectivity index (χ1n) is 10.2. The SMILES string of the molecule is CCCCCCCCNc1cc(-c2ccc(Br)s2)c2nsnc2c1-c1ccc(Br)s1. The van der Waals surface area contributed by atoms with Crippen molar-refractivity contribution in [1.29, 1.82) is 0 Å². The number of anilines is 1. The second kappa shape index (κ2) is 10.7. The average molecular weight is 585 g/mol. The molecule has 30 heavy (non-hydrogen) atoms. The molecule has 0 saturated carbocycles. The van der Waals surface area contributed by atoms with Gasteiger partial charge in [0.05, 0.1) is 19.3 Å². The van der Waals surface area contributed by atoms with Crippen LogP contribution in [0.15, 0.2) is 37.9 Å². The van der Waals surface area contributed by atoms with Gasteiger partial charge in [0.1, 0.15) is 11.0 Å². The topological polar surface area (TPSA) is 37.8 Å². The molecule has 4 rings (SSSR count). The zero-order chi connectivity index (χ0) is 20.9. The molecule has 158 valence electrons. The lowest BCUT2D eigenvalue weighted by molar-refractivity contribution is 0.617. The van der Waals surface area contributed by atoms with Crippen LogP contribution in [-0.2, 0) is 0 Å². The minimum atomic E-state index is 0.975. The molecule has 0 radical (unpaired) electrons. The Labute approximate surface area is 206 Å². The number of hydrogen-bond acceptors (Lipinski definition) is 6. The van der Waals surface area contributed by atoms with Crippen molar-refractivity contribution in [3.05, 3.63) is 37.9 Å². The third kappa shape index (κ3) is 5.15. The molecule has 4 aromatic rings. The summed E-state index contributed by atoms with van der Waals surface area (Å²) in [5.74, 6) is 0. The van der Waals surface area contributed by atoms with E-state index < -0.39 is 0 Å². The summed E-state index contributed by atoms with van der Waals surface area (Å²) in [6.07, 6.45) is 7.77. The predicted molar refractivity (Wildman–Crippen MR) is 141 cm³/mol. The number of aromatic nitrogens is 2. The standard InChI is InChI=1S/C22H23Br2N3S3/c1-2-3-4-5-6-7-12-25-15-13-14(16-8-10-18(23)28-16)21-22(27-30-26-21)20(15)17-9-11-19(24)29-17/h8-11,13,25H,2-7,12H2,1H3. The molecule has 0 atom stereocenters. The highest BCUT2D eigenvalue weighted by molar-refractivity contribution is 9.11. The van der Waals surface area contributed by atoms with E-state index >= 15 is 0 Å². The molecule has 0 aliphatic carbocycles. The van der Waals surface area contributed by atoms with Gasteiger partial charge in [-0.05, 0) is 68.6 Å². The summed E-state index contributed by atoms with van der Waals surface area (Å²) >= 11 is 12.0. The molecule has 3 nitrogen and oxygen atoms in total. The normalized spacial score (nSPS) is 11.4. The highest BCUT2D eigenvalue weighted by Crippen LogP contribution is 2.45. The number of unbranched alkanes of at least 4 members (excludes halogenated alkanes) is 5. The van der Waals surface area contributed by atoms with Crippen LogP contribution in [-0.4, -0.2) is 15.3 Å². The van der Waals surface area contributed by atoms with Crippen LogP contribution in [0, 0.1) is 0 Å². The van der Waals surface area contributed by atoms with Gasteiger partial charge in [-0.3, -0.25) is 0 Å². The van der Waals surface area contributed by atoms with Crippen LogP contribution in [0.4, 0.5) is 5.69 Å². The maximum atomic E-state index is 4.71. The summed E-state index contributed by atoms with van der Waals surface area (Å²) in [6.45, 7) is 3.24. The quantitative estimate of drug-likeness (QED) is 0.189. The van der Waals surface area contributed by atoms with Gasteiger partial charge < -0.3 is 5.32 Å². The summed E-state index contributed by atoms with van der Waals surface area (Å²) in [7, 11) is 0. The minimum Gasteiger partial charge on any atom is -0.384 e. The second-order valence-electron chi connectivity index (χ2n) is 7.21. The van der Waals surface area contributed by atoms with Crippen molar-refractivity contribution in [3.63, 3.8) is 0 Å². The first-order valence-corrected chi connectivity index (χ1v) is 14.2. The van der Waals surface area contributed by atoms with Gasteiger partial charge in [0.15, 0.2) is 0 Å². The molecular weight excluding hydrogens is 562 g/mol. The minimum absolute atomic E-state index is 0.975. The van der Waals surface area contributed by atoms with Gasteiger partial charge in [0.25, 0.3) is 0 Å². The number of nitrogens with one attached hydrogen (secondary N) is 1. The summed E-state index contributed by atoms with van der Waals surface area (Å²) < 4.78 is 11.6.